The Hall–Kier alpha value is -2.25. The van der Waals surface area contributed by atoms with Crippen LogP contribution in [0.2, 0.25) is 0 Å². The topological polar surface area (TPSA) is 66.8 Å². The van der Waals surface area contributed by atoms with Gasteiger partial charge >= 0.3 is 12.3 Å². The van der Waals surface area contributed by atoms with E-state index in [9.17, 15) is 22.8 Å². The third kappa shape index (κ3) is 4.64. The molecule has 0 unspecified atom stereocenters. The van der Waals surface area contributed by atoms with Crippen LogP contribution in [0.3, 0.4) is 0 Å². The number of carbonyl (C=O) groups is 2. The number of carbonyl (C=O) groups excluding carboxylic acids is 1. The molecule has 1 aromatic rings. The second kappa shape index (κ2) is 6.93. The van der Waals surface area contributed by atoms with Gasteiger partial charge in [-0.15, -0.1) is 13.2 Å². The molecular formula is C17H20F3NO4. The number of carboxylic acids is 1. The van der Waals surface area contributed by atoms with Crippen molar-refractivity contribution in [3.05, 3.63) is 29.8 Å². The van der Waals surface area contributed by atoms with Crippen LogP contribution in [0.1, 0.15) is 32.3 Å². The van der Waals surface area contributed by atoms with Crippen molar-refractivity contribution in [2.75, 3.05) is 13.1 Å². The van der Waals surface area contributed by atoms with E-state index >= 15 is 0 Å². The lowest BCUT2D eigenvalue weighted by atomic mass is 9.82. The van der Waals surface area contributed by atoms with E-state index in [-0.39, 0.29) is 18.2 Å². The average molecular weight is 359 g/mol. The Labute approximate surface area is 143 Å². The normalized spacial score (nSPS) is 18.8. The summed E-state index contributed by atoms with van der Waals surface area (Å²) in [6, 6.07) is 5.15. The molecule has 1 saturated heterocycles. The van der Waals surface area contributed by atoms with Crippen LogP contribution in [0, 0.1) is 5.92 Å². The molecule has 1 atom stereocenters. The Balaban J connectivity index is 2.14. The first-order valence-electron chi connectivity index (χ1n) is 7.89. The summed E-state index contributed by atoms with van der Waals surface area (Å²) in [6.45, 7) is 3.95. The van der Waals surface area contributed by atoms with Gasteiger partial charge in [0.1, 0.15) is 5.75 Å². The first-order valence-corrected chi connectivity index (χ1v) is 7.89. The second-order valence-electron chi connectivity index (χ2n) is 6.63. The highest BCUT2D eigenvalue weighted by Crippen LogP contribution is 2.31. The van der Waals surface area contributed by atoms with Crippen molar-refractivity contribution in [2.45, 2.75) is 38.5 Å². The number of carboxylic acid groups (broad SMARTS) is 1. The first-order chi connectivity index (χ1) is 11.5. The summed E-state index contributed by atoms with van der Waals surface area (Å²) in [5.41, 5.74) is -0.457. The zero-order valence-corrected chi connectivity index (χ0v) is 14.0. The molecule has 1 aliphatic rings. The minimum Gasteiger partial charge on any atom is -0.481 e. The van der Waals surface area contributed by atoms with E-state index in [1.54, 1.807) is 13.8 Å². The number of nitrogens with zero attached hydrogens (tertiary/aromatic N) is 1. The molecule has 1 fully saturated rings. The smallest absolute Gasteiger partial charge is 0.481 e. The fourth-order valence-electron chi connectivity index (χ4n) is 2.96. The number of likely N-dealkylation sites (tertiary alicyclic amines) is 1. The Morgan fingerprint density at radius 1 is 1.20 bits per heavy atom. The number of amides is 1. The number of benzene rings is 1. The first kappa shape index (κ1) is 19.1. The number of ether oxygens (including phenoxy) is 1. The zero-order chi connectivity index (χ0) is 18.8. The number of aliphatic carboxylic acids is 1. The van der Waals surface area contributed by atoms with E-state index in [1.807, 2.05) is 0 Å². The third-order valence-corrected chi connectivity index (χ3v) is 4.40. The fraction of sp³-hybridized carbons (Fsp3) is 0.529. The Morgan fingerprint density at radius 2 is 1.80 bits per heavy atom. The van der Waals surface area contributed by atoms with Crippen LogP contribution in [0.15, 0.2) is 24.3 Å². The van der Waals surface area contributed by atoms with Crippen LogP contribution in [-0.2, 0) is 15.0 Å². The molecule has 1 aliphatic heterocycles. The van der Waals surface area contributed by atoms with Crippen LogP contribution in [0.5, 0.6) is 5.75 Å². The number of halogens is 3. The molecule has 0 radical (unpaired) electrons. The molecular weight excluding hydrogens is 339 g/mol. The van der Waals surface area contributed by atoms with Gasteiger partial charge < -0.3 is 14.7 Å². The third-order valence-electron chi connectivity index (χ3n) is 4.40. The predicted octanol–water partition coefficient (Wildman–Crippen LogP) is 3.19. The van der Waals surface area contributed by atoms with Crippen molar-refractivity contribution >= 4 is 11.9 Å². The summed E-state index contributed by atoms with van der Waals surface area (Å²) in [6.07, 6.45) is -3.63. The predicted molar refractivity (Wildman–Crippen MR) is 83.1 cm³/mol. The lowest BCUT2D eigenvalue weighted by molar-refractivity contribution is -0.274. The van der Waals surface area contributed by atoms with E-state index in [4.69, 9.17) is 5.11 Å². The SMILES string of the molecule is CC(C)(C(=O)N1CCC[C@H](C(=O)O)C1)c1ccc(OC(F)(F)F)cc1. The summed E-state index contributed by atoms with van der Waals surface area (Å²) in [4.78, 5) is 25.5. The average Bonchev–Trinajstić information content (AvgIpc) is 2.53. The largest absolute Gasteiger partial charge is 0.573 e. The van der Waals surface area contributed by atoms with Crippen molar-refractivity contribution in [1.82, 2.24) is 4.90 Å². The highest BCUT2D eigenvalue weighted by Gasteiger charge is 2.37. The molecule has 0 aliphatic carbocycles. The minimum atomic E-state index is -4.77. The van der Waals surface area contributed by atoms with Crippen molar-refractivity contribution in [2.24, 2.45) is 5.92 Å². The lowest BCUT2D eigenvalue weighted by Gasteiger charge is -2.36. The molecule has 0 aromatic heterocycles. The van der Waals surface area contributed by atoms with Crippen LogP contribution < -0.4 is 4.74 Å². The number of hydrogen-bond acceptors (Lipinski definition) is 3. The number of rotatable bonds is 4. The van der Waals surface area contributed by atoms with Gasteiger partial charge in [0.05, 0.1) is 11.3 Å². The lowest BCUT2D eigenvalue weighted by Crippen LogP contribution is -2.49. The molecule has 138 valence electrons. The molecule has 1 amide bonds. The maximum atomic E-state index is 12.8. The Bertz CT molecular complexity index is 640. The van der Waals surface area contributed by atoms with Gasteiger partial charge in [-0.2, -0.15) is 0 Å². The monoisotopic (exact) mass is 359 g/mol. The van der Waals surface area contributed by atoms with Gasteiger partial charge in [0.15, 0.2) is 0 Å². The molecule has 5 nitrogen and oxygen atoms in total. The van der Waals surface area contributed by atoms with Gasteiger partial charge in [-0.05, 0) is 44.4 Å². The van der Waals surface area contributed by atoms with E-state index in [1.165, 1.54) is 17.0 Å². The van der Waals surface area contributed by atoms with E-state index in [0.29, 0.717) is 24.9 Å². The zero-order valence-electron chi connectivity index (χ0n) is 14.0. The van der Waals surface area contributed by atoms with Crippen molar-refractivity contribution in [3.63, 3.8) is 0 Å². The highest BCUT2D eigenvalue weighted by molar-refractivity contribution is 5.88. The molecule has 0 saturated carbocycles. The summed E-state index contributed by atoms with van der Waals surface area (Å²) < 4.78 is 40.5. The number of hydrogen-bond donors (Lipinski definition) is 1. The van der Waals surface area contributed by atoms with Crippen molar-refractivity contribution in [1.29, 1.82) is 0 Å². The second-order valence-corrected chi connectivity index (χ2v) is 6.63. The van der Waals surface area contributed by atoms with Gasteiger partial charge in [-0.25, -0.2) is 0 Å². The molecule has 8 heteroatoms. The van der Waals surface area contributed by atoms with Crippen LogP contribution in [0.25, 0.3) is 0 Å². The molecule has 1 heterocycles. The summed E-state index contributed by atoms with van der Waals surface area (Å²) >= 11 is 0. The Morgan fingerprint density at radius 3 is 2.32 bits per heavy atom. The van der Waals surface area contributed by atoms with Crippen LogP contribution >= 0.6 is 0 Å². The van der Waals surface area contributed by atoms with Gasteiger partial charge in [0, 0.05) is 13.1 Å². The summed E-state index contributed by atoms with van der Waals surface area (Å²) in [5.74, 6) is -2.12. The van der Waals surface area contributed by atoms with Crippen LogP contribution in [-0.4, -0.2) is 41.3 Å². The Kier molecular flexibility index (Phi) is 5.29. The maximum absolute atomic E-state index is 12.8. The van der Waals surface area contributed by atoms with E-state index < -0.39 is 23.7 Å². The number of piperidine rings is 1. The summed E-state index contributed by atoms with van der Waals surface area (Å²) in [7, 11) is 0. The van der Waals surface area contributed by atoms with Gasteiger partial charge in [0.2, 0.25) is 5.91 Å². The van der Waals surface area contributed by atoms with Gasteiger partial charge in [0.25, 0.3) is 0 Å². The van der Waals surface area contributed by atoms with Crippen molar-refractivity contribution in [3.8, 4) is 5.75 Å². The maximum Gasteiger partial charge on any atom is 0.573 e. The van der Waals surface area contributed by atoms with Crippen molar-refractivity contribution < 1.29 is 32.6 Å². The standard InChI is InChI=1S/C17H20F3NO4/c1-16(2,12-5-7-13(8-6-12)25-17(18,19)20)15(24)21-9-3-4-11(10-21)14(22)23/h5-8,11H,3-4,9-10H2,1-2H3,(H,22,23)/t11-/m0/s1. The summed E-state index contributed by atoms with van der Waals surface area (Å²) in [5, 5.41) is 9.14. The minimum absolute atomic E-state index is 0.146. The molecule has 25 heavy (non-hydrogen) atoms. The molecule has 1 aromatic carbocycles. The van der Waals surface area contributed by atoms with E-state index in [2.05, 4.69) is 4.74 Å². The van der Waals surface area contributed by atoms with Crippen LogP contribution in [0.4, 0.5) is 13.2 Å². The fourth-order valence-corrected chi connectivity index (χ4v) is 2.96. The highest BCUT2D eigenvalue weighted by atomic mass is 19.4. The van der Waals surface area contributed by atoms with Gasteiger partial charge in [-0.1, -0.05) is 12.1 Å². The molecule has 1 N–H and O–H groups in total. The molecule has 0 bridgehead atoms. The quantitative estimate of drug-likeness (QED) is 0.897. The molecule has 0 spiro atoms. The number of alkyl halides is 3. The molecule has 2 rings (SSSR count). The van der Waals surface area contributed by atoms with Gasteiger partial charge in [-0.3, -0.25) is 9.59 Å². The van der Waals surface area contributed by atoms with E-state index in [0.717, 1.165) is 12.1 Å².